The van der Waals surface area contributed by atoms with Crippen LogP contribution in [0.25, 0.3) is 10.9 Å². The number of rotatable bonds is 7. The number of aromatic nitrogens is 1. The molecule has 1 atom stereocenters. The average molecular weight is 288 g/mol. The standard InChI is InChI=1S/C17H24N2O2/c1-12(2)6-5-9-21-17(20)15(18)10-13-11-19-16-8-4-3-7-14(13)16/h3-4,7-8,11-12,15,19H,5-6,9-10,18H2,1-2H3/t15-/m0/s1. The summed E-state index contributed by atoms with van der Waals surface area (Å²) in [6.45, 7) is 4.77. The highest BCUT2D eigenvalue weighted by atomic mass is 16.5. The van der Waals surface area contributed by atoms with Crippen molar-refractivity contribution in [1.29, 1.82) is 0 Å². The maximum Gasteiger partial charge on any atom is 0.323 e. The lowest BCUT2D eigenvalue weighted by molar-refractivity contribution is -0.145. The number of carbonyl (C=O) groups is 1. The summed E-state index contributed by atoms with van der Waals surface area (Å²) in [7, 11) is 0. The number of para-hydroxylation sites is 1. The molecule has 21 heavy (non-hydrogen) atoms. The first-order valence-corrected chi connectivity index (χ1v) is 7.55. The number of fused-ring (bicyclic) bond motifs is 1. The molecule has 114 valence electrons. The molecule has 0 aliphatic heterocycles. The molecule has 0 saturated carbocycles. The molecule has 0 aliphatic carbocycles. The van der Waals surface area contributed by atoms with Gasteiger partial charge >= 0.3 is 5.97 Å². The van der Waals surface area contributed by atoms with Gasteiger partial charge in [0.25, 0.3) is 0 Å². The summed E-state index contributed by atoms with van der Waals surface area (Å²) in [6, 6.07) is 7.39. The van der Waals surface area contributed by atoms with Crippen molar-refractivity contribution in [2.24, 2.45) is 11.7 Å². The molecule has 0 fully saturated rings. The Kier molecular flexibility index (Phi) is 5.39. The molecule has 3 N–H and O–H groups in total. The third-order valence-electron chi connectivity index (χ3n) is 3.59. The Bertz CT molecular complexity index is 589. The Hall–Kier alpha value is -1.81. The van der Waals surface area contributed by atoms with Crippen molar-refractivity contribution in [3.63, 3.8) is 0 Å². The minimum absolute atomic E-state index is 0.316. The quantitative estimate of drug-likeness (QED) is 0.608. The Morgan fingerprint density at radius 3 is 2.86 bits per heavy atom. The van der Waals surface area contributed by atoms with Crippen molar-refractivity contribution < 1.29 is 9.53 Å². The Morgan fingerprint density at radius 2 is 2.10 bits per heavy atom. The number of benzene rings is 1. The lowest BCUT2D eigenvalue weighted by atomic mass is 10.1. The number of hydrogen-bond acceptors (Lipinski definition) is 3. The molecular formula is C17H24N2O2. The second-order valence-electron chi connectivity index (χ2n) is 5.87. The van der Waals surface area contributed by atoms with Crippen LogP contribution in [0.5, 0.6) is 0 Å². The van der Waals surface area contributed by atoms with E-state index in [1.807, 2.05) is 30.5 Å². The summed E-state index contributed by atoms with van der Waals surface area (Å²) < 4.78 is 5.24. The molecule has 4 nitrogen and oxygen atoms in total. The van der Waals surface area contributed by atoms with Gasteiger partial charge in [-0.2, -0.15) is 0 Å². The summed E-state index contributed by atoms with van der Waals surface area (Å²) in [6.07, 6.45) is 4.36. The van der Waals surface area contributed by atoms with Crippen LogP contribution < -0.4 is 5.73 Å². The van der Waals surface area contributed by atoms with Crippen LogP contribution in [0.1, 0.15) is 32.3 Å². The minimum Gasteiger partial charge on any atom is -0.465 e. The van der Waals surface area contributed by atoms with Gasteiger partial charge in [0.1, 0.15) is 6.04 Å². The maximum absolute atomic E-state index is 11.9. The maximum atomic E-state index is 11.9. The molecule has 0 unspecified atom stereocenters. The van der Waals surface area contributed by atoms with Crippen molar-refractivity contribution in [2.75, 3.05) is 6.61 Å². The van der Waals surface area contributed by atoms with E-state index in [1.165, 1.54) is 0 Å². The van der Waals surface area contributed by atoms with Crippen molar-refractivity contribution in [1.82, 2.24) is 4.98 Å². The van der Waals surface area contributed by atoms with Gasteiger partial charge in [-0.1, -0.05) is 32.0 Å². The van der Waals surface area contributed by atoms with E-state index >= 15 is 0 Å². The first-order valence-electron chi connectivity index (χ1n) is 7.55. The predicted molar refractivity (Wildman–Crippen MR) is 85.0 cm³/mol. The van der Waals surface area contributed by atoms with Crippen LogP contribution in [0.2, 0.25) is 0 Å². The van der Waals surface area contributed by atoms with E-state index in [9.17, 15) is 4.79 Å². The summed E-state index contributed by atoms with van der Waals surface area (Å²) in [5.74, 6) is 0.313. The molecule has 0 aliphatic rings. The van der Waals surface area contributed by atoms with Crippen LogP contribution in [-0.4, -0.2) is 23.6 Å². The monoisotopic (exact) mass is 288 g/mol. The van der Waals surface area contributed by atoms with Gasteiger partial charge in [0.2, 0.25) is 0 Å². The molecule has 1 aromatic carbocycles. The Labute approximate surface area is 125 Å². The van der Waals surface area contributed by atoms with Gasteiger partial charge in [-0.3, -0.25) is 4.79 Å². The van der Waals surface area contributed by atoms with E-state index in [-0.39, 0.29) is 5.97 Å². The van der Waals surface area contributed by atoms with Gasteiger partial charge in [0.15, 0.2) is 0 Å². The number of aromatic amines is 1. The zero-order valence-corrected chi connectivity index (χ0v) is 12.8. The van der Waals surface area contributed by atoms with Crippen molar-refractivity contribution >= 4 is 16.9 Å². The average Bonchev–Trinajstić information content (AvgIpc) is 2.86. The topological polar surface area (TPSA) is 68.1 Å². The smallest absolute Gasteiger partial charge is 0.323 e. The summed E-state index contributed by atoms with van der Waals surface area (Å²) >= 11 is 0. The largest absolute Gasteiger partial charge is 0.465 e. The van der Waals surface area contributed by atoms with E-state index in [1.54, 1.807) is 0 Å². The molecule has 2 rings (SSSR count). The highest BCUT2D eigenvalue weighted by molar-refractivity contribution is 5.84. The van der Waals surface area contributed by atoms with Gasteiger partial charge in [-0.05, 0) is 30.4 Å². The molecule has 0 saturated heterocycles. The lowest BCUT2D eigenvalue weighted by Crippen LogP contribution is -2.34. The summed E-state index contributed by atoms with van der Waals surface area (Å²) in [4.78, 5) is 15.1. The van der Waals surface area contributed by atoms with Crippen molar-refractivity contribution in [3.8, 4) is 0 Å². The molecule has 0 spiro atoms. The third kappa shape index (κ3) is 4.33. The van der Waals surface area contributed by atoms with Crippen molar-refractivity contribution in [3.05, 3.63) is 36.0 Å². The van der Waals surface area contributed by atoms with Crippen LogP contribution in [0.4, 0.5) is 0 Å². The van der Waals surface area contributed by atoms with Crippen LogP contribution in [-0.2, 0) is 16.0 Å². The predicted octanol–water partition coefficient (Wildman–Crippen LogP) is 3.02. The highest BCUT2D eigenvalue weighted by Crippen LogP contribution is 2.19. The number of hydrogen-bond donors (Lipinski definition) is 2. The minimum atomic E-state index is -0.608. The normalized spacial score (nSPS) is 12.8. The summed E-state index contributed by atoms with van der Waals surface area (Å²) in [5, 5.41) is 1.11. The number of nitrogens with one attached hydrogen (secondary N) is 1. The number of H-pyrrole nitrogens is 1. The third-order valence-corrected chi connectivity index (χ3v) is 3.59. The molecule has 1 aromatic heterocycles. The molecular weight excluding hydrogens is 264 g/mol. The summed E-state index contributed by atoms with van der Waals surface area (Å²) in [5.41, 5.74) is 8.07. The molecule has 4 heteroatoms. The number of carbonyl (C=O) groups excluding carboxylic acids is 1. The first-order chi connectivity index (χ1) is 10.1. The lowest BCUT2D eigenvalue weighted by Gasteiger charge is -2.11. The SMILES string of the molecule is CC(C)CCCOC(=O)[C@@H](N)Cc1c[nH]c2ccccc12. The highest BCUT2D eigenvalue weighted by Gasteiger charge is 2.17. The zero-order chi connectivity index (χ0) is 15.2. The molecule has 1 heterocycles. The van der Waals surface area contributed by atoms with E-state index in [2.05, 4.69) is 18.8 Å². The van der Waals surface area contributed by atoms with Gasteiger partial charge in [-0.25, -0.2) is 0 Å². The Balaban J connectivity index is 1.86. The molecule has 0 amide bonds. The first kappa shape index (κ1) is 15.6. The number of ether oxygens (including phenoxy) is 1. The number of esters is 1. The second kappa shape index (κ2) is 7.27. The van der Waals surface area contributed by atoms with E-state index in [0.717, 1.165) is 29.3 Å². The van der Waals surface area contributed by atoms with Crippen LogP contribution >= 0.6 is 0 Å². The van der Waals surface area contributed by atoms with E-state index < -0.39 is 6.04 Å². The van der Waals surface area contributed by atoms with Crippen LogP contribution in [0.15, 0.2) is 30.5 Å². The molecule has 0 radical (unpaired) electrons. The zero-order valence-electron chi connectivity index (χ0n) is 12.8. The van der Waals surface area contributed by atoms with Gasteiger partial charge in [-0.15, -0.1) is 0 Å². The van der Waals surface area contributed by atoms with Crippen LogP contribution in [0, 0.1) is 5.92 Å². The fourth-order valence-electron chi connectivity index (χ4n) is 2.39. The number of nitrogens with two attached hydrogens (primary N) is 1. The van der Waals surface area contributed by atoms with Gasteiger partial charge < -0.3 is 15.5 Å². The van der Waals surface area contributed by atoms with E-state index in [0.29, 0.717) is 18.9 Å². The van der Waals surface area contributed by atoms with Gasteiger partial charge in [0.05, 0.1) is 6.61 Å². The molecule has 2 aromatic rings. The van der Waals surface area contributed by atoms with Crippen LogP contribution in [0.3, 0.4) is 0 Å². The fraction of sp³-hybridized carbons (Fsp3) is 0.471. The van der Waals surface area contributed by atoms with Crippen molar-refractivity contribution in [2.45, 2.75) is 39.2 Å². The van der Waals surface area contributed by atoms with Gasteiger partial charge in [0, 0.05) is 23.5 Å². The van der Waals surface area contributed by atoms with E-state index in [4.69, 9.17) is 10.5 Å². The second-order valence-corrected chi connectivity index (χ2v) is 5.87. The fourth-order valence-corrected chi connectivity index (χ4v) is 2.39. The molecule has 0 bridgehead atoms. The Morgan fingerprint density at radius 1 is 1.33 bits per heavy atom.